The summed E-state index contributed by atoms with van der Waals surface area (Å²) in [5, 5.41) is 0. The first-order valence-electron chi connectivity index (χ1n) is 6.11. The maximum Gasteiger partial charge on any atom is 0.272 e. The van der Waals surface area contributed by atoms with Gasteiger partial charge in [-0.3, -0.25) is 4.79 Å². The van der Waals surface area contributed by atoms with E-state index in [1.165, 1.54) is 0 Å². The molecule has 4 nitrogen and oxygen atoms in total. The average molecular weight is 263 g/mol. The van der Waals surface area contributed by atoms with Crippen LogP contribution in [0.15, 0.2) is 18.2 Å². The van der Waals surface area contributed by atoms with Crippen molar-refractivity contribution in [3.05, 3.63) is 29.6 Å². The second kappa shape index (κ2) is 5.44. The largest absolute Gasteiger partial charge is 0.393 e. The van der Waals surface area contributed by atoms with Crippen molar-refractivity contribution in [3.63, 3.8) is 0 Å². The Balaban J connectivity index is 2.10. The Morgan fingerprint density at radius 1 is 1.56 bits per heavy atom. The Kier molecular flexibility index (Phi) is 3.91. The van der Waals surface area contributed by atoms with E-state index in [1.54, 1.807) is 6.07 Å². The number of thiocarbonyl (C=S) groups is 1. The number of hydrogen-bond acceptors (Lipinski definition) is 3. The smallest absolute Gasteiger partial charge is 0.272 e. The molecule has 1 aliphatic rings. The van der Waals surface area contributed by atoms with Crippen LogP contribution in [0.2, 0.25) is 0 Å². The predicted octanol–water partition coefficient (Wildman–Crippen LogP) is 1.67. The molecule has 0 bridgehead atoms. The predicted molar refractivity (Wildman–Crippen MR) is 74.4 cm³/mol. The van der Waals surface area contributed by atoms with E-state index >= 15 is 0 Å². The number of pyridine rings is 1. The molecule has 0 saturated heterocycles. The molecule has 1 saturated carbocycles. The van der Waals surface area contributed by atoms with Gasteiger partial charge in [0.05, 0.1) is 4.99 Å². The number of amides is 1. The summed E-state index contributed by atoms with van der Waals surface area (Å²) >= 11 is 4.87. The molecule has 1 aliphatic carbocycles. The molecule has 0 radical (unpaired) electrons. The highest BCUT2D eigenvalue weighted by Crippen LogP contribution is 2.28. The zero-order chi connectivity index (χ0) is 13.1. The van der Waals surface area contributed by atoms with E-state index in [0.717, 1.165) is 18.5 Å². The van der Waals surface area contributed by atoms with Gasteiger partial charge in [-0.15, -0.1) is 0 Å². The molecule has 0 unspecified atom stereocenters. The zero-order valence-corrected chi connectivity index (χ0v) is 11.2. The van der Waals surface area contributed by atoms with Crippen molar-refractivity contribution in [2.45, 2.75) is 32.2 Å². The number of aromatic nitrogens is 1. The number of nitrogens with zero attached hydrogens (tertiary/aromatic N) is 2. The number of hydrogen-bond donors (Lipinski definition) is 1. The van der Waals surface area contributed by atoms with E-state index in [9.17, 15) is 4.79 Å². The molecule has 0 aromatic carbocycles. The van der Waals surface area contributed by atoms with Gasteiger partial charge in [-0.05, 0) is 31.9 Å². The summed E-state index contributed by atoms with van der Waals surface area (Å²) < 4.78 is 0. The number of carbonyl (C=O) groups is 1. The fraction of sp³-hybridized carbons (Fsp3) is 0.462. The molecule has 0 spiro atoms. The molecule has 1 aromatic heterocycles. The Morgan fingerprint density at radius 3 is 2.83 bits per heavy atom. The standard InChI is InChI=1S/C13H17N3OS/c1-9-3-2-4-11(15-9)13(17)16(10-5-6-10)8-7-12(14)18/h2-4,10H,5-8H2,1H3,(H2,14,18). The van der Waals surface area contributed by atoms with Gasteiger partial charge in [0.2, 0.25) is 0 Å². The Morgan fingerprint density at radius 2 is 2.28 bits per heavy atom. The van der Waals surface area contributed by atoms with E-state index in [4.69, 9.17) is 18.0 Å². The summed E-state index contributed by atoms with van der Waals surface area (Å²) in [6, 6.07) is 5.83. The first-order valence-corrected chi connectivity index (χ1v) is 6.51. The monoisotopic (exact) mass is 263 g/mol. The first kappa shape index (κ1) is 13.0. The van der Waals surface area contributed by atoms with Crippen molar-refractivity contribution >= 4 is 23.1 Å². The van der Waals surface area contributed by atoms with E-state index in [0.29, 0.717) is 29.7 Å². The minimum atomic E-state index is -0.0162. The summed E-state index contributed by atoms with van der Waals surface area (Å²) in [6.07, 6.45) is 2.70. The minimum Gasteiger partial charge on any atom is -0.393 e. The van der Waals surface area contributed by atoms with Crippen LogP contribution in [0.25, 0.3) is 0 Å². The van der Waals surface area contributed by atoms with Crippen LogP contribution in [0.5, 0.6) is 0 Å². The van der Waals surface area contributed by atoms with Gasteiger partial charge in [-0.25, -0.2) is 4.98 Å². The highest BCUT2D eigenvalue weighted by Gasteiger charge is 2.33. The maximum atomic E-state index is 12.4. The van der Waals surface area contributed by atoms with Crippen LogP contribution in [0, 0.1) is 6.92 Å². The van der Waals surface area contributed by atoms with Crippen LogP contribution in [0.4, 0.5) is 0 Å². The van der Waals surface area contributed by atoms with E-state index in [-0.39, 0.29) is 5.91 Å². The molecule has 1 amide bonds. The molecule has 1 heterocycles. The summed E-state index contributed by atoms with van der Waals surface area (Å²) in [5.41, 5.74) is 6.86. The number of aryl methyl sites for hydroxylation is 1. The molecule has 2 rings (SSSR count). The molecule has 1 fully saturated rings. The molecular weight excluding hydrogens is 246 g/mol. The lowest BCUT2D eigenvalue weighted by molar-refractivity contribution is 0.0742. The van der Waals surface area contributed by atoms with Gasteiger partial charge in [0.25, 0.3) is 5.91 Å². The fourth-order valence-corrected chi connectivity index (χ4v) is 1.97. The van der Waals surface area contributed by atoms with E-state index < -0.39 is 0 Å². The summed E-state index contributed by atoms with van der Waals surface area (Å²) in [6.45, 7) is 2.47. The van der Waals surface area contributed by atoms with Gasteiger partial charge >= 0.3 is 0 Å². The zero-order valence-electron chi connectivity index (χ0n) is 10.4. The summed E-state index contributed by atoms with van der Waals surface area (Å²) in [5.74, 6) is -0.0162. The molecule has 18 heavy (non-hydrogen) atoms. The fourth-order valence-electron chi connectivity index (χ4n) is 1.88. The van der Waals surface area contributed by atoms with Crippen molar-refractivity contribution in [1.29, 1.82) is 0 Å². The second-order valence-corrected chi connectivity index (χ2v) is 5.13. The molecule has 5 heteroatoms. The highest BCUT2D eigenvalue weighted by atomic mass is 32.1. The quantitative estimate of drug-likeness (QED) is 0.821. The lowest BCUT2D eigenvalue weighted by Crippen LogP contribution is -2.36. The van der Waals surface area contributed by atoms with Gasteiger partial charge in [-0.1, -0.05) is 18.3 Å². The molecular formula is C13H17N3OS. The SMILES string of the molecule is Cc1cccc(C(=O)N(CCC(N)=S)C2CC2)n1. The summed E-state index contributed by atoms with van der Waals surface area (Å²) in [4.78, 5) is 18.9. The third-order valence-corrected chi connectivity index (χ3v) is 3.16. The van der Waals surface area contributed by atoms with Crippen LogP contribution < -0.4 is 5.73 Å². The van der Waals surface area contributed by atoms with Crippen molar-refractivity contribution in [2.75, 3.05) is 6.54 Å². The first-order chi connectivity index (χ1) is 8.58. The van der Waals surface area contributed by atoms with Crippen molar-refractivity contribution in [3.8, 4) is 0 Å². The minimum absolute atomic E-state index is 0.0162. The van der Waals surface area contributed by atoms with Crippen molar-refractivity contribution < 1.29 is 4.79 Å². The van der Waals surface area contributed by atoms with Crippen LogP contribution in [0.1, 0.15) is 35.4 Å². The third-order valence-electron chi connectivity index (χ3n) is 2.96. The second-order valence-electron chi connectivity index (χ2n) is 4.61. The molecule has 0 aliphatic heterocycles. The van der Waals surface area contributed by atoms with Crippen LogP contribution in [-0.2, 0) is 0 Å². The Labute approximate surface area is 112 Å². The van der Waals surface area contributed by atoms with Crippen molar-refractivity contribution in [1.82, 2.24) is 9.88 Å². The number of nitrogens with two attached hydrogens (primary N) is 1. The van der Waals surface area contributed by atoms with E-state index in [1.807, 2.05) is 24.0 Å². The highest BCUT2D eigenvalue weighted by molar-refractivity contribution is 7.80. The van der Waals surface area contributed by atoms with Crippen LogP contribution in [-0.4, -0.2) is 33.4 Å². The van der Waals surface area contributed by atoms with Gasteiger partial charge in [-0.2, -0.15) is 0 Å². The normalized spacial score (nSPS) is 14.3. The van der Waals surface area contributed by atoms with Crippen LogP contribution >= 0.6 is 12.2 Å². The molecule has 96 valence electrons. The number of carbonyl (C=O) groups excluding carboxylic acids is 1. The molecule has 1 aromatic rings. The third kappa shape index (κ3) is 3.26. The Bertz CT molecular complexity index is 471. The average Bonchev–Trinajstić information content (AvgIpc) is 3.13. The molecule has 2 N–H and O–H groups in total. The number of rotatable bonds is 5. The van der Waals surface area contributed by atoms with Crippen molar-refractivity contribution in [2.24, 2.45) is 5.73 Å². The van der Waals surface area contributed by atoms with Gasteiger partial charge in [0.1, 0.15) is 5.69 Å². The lowest BCUT2D eigenvalue weighted by atomic mass is 10.2. The van der Waals surface area contributed by atoms with Gasteiger partial charge in [0, 0.05) is 24.7 Å². The Hall–Kier alpha value is -1.49. The van der Waals surface area contributed by atoms with Gasteiger partial charge in [0.15, 0.2) is 0 Å². The topological polar surface area (TPSA) is 59.2 Å². The maximum absolute atomic E-state index is 12.4. The van der Waals surface area contributed by atoms with Gasteiger partial charge < -0.3 is 10.6 Å². The summed E-state index contributed by atoms with van der Waals surface area (Å²) in [7, 11) is 0. The molecule has 0 atom stereocenters. The van der Waals surface area contributed by atoms with Crippen LogP contribution in [0.3, 0.4) is 0 Å². The van der Waals surface area contributed by atoms with E-state index in [2.05, 4.69) is 4.98 Å². The lowest BCUT2D eigenvalue weighted by Gasteiger charge is -2.21.